The molecule has 0 aliphatic heterocycles. The Morgan fingerprint density at radius 3 is 1.63 bits per heavy atom. The summed E-state index contributed by atoms with van der Waals surface area (Å²) in [6.07, 6.45) is -0.434. The number of imidazole rings is 1. The summed E-state index contributed by atoms with van der Waals surface area (Å²) in [6.45, 7) is 4.96. The third kappa shape index (κ3) is 19.7. The average molecular weight is 1440 g/mol. The number of nitrogens with one attached hydrogen (secondary N) is 2. The fraction of sp³-hybridized carbons (Fsp3) is 0.269. The number of rotatable bonds is 28. The van der Waals surface area contributed by atoms with Crippen LogP contribution in [0.2, 0.25) is 5.02 Å². The van der Waals surface area contributed by atoms with Crippen LogP contribution in [0.5, 0.6) is 17.4 Å². The summed E-state index contributed by atoms with van der Waals surface area (Å²) >= 11 is 7.98. The molecule has 0 aliphatic rings. The highest BCUT2D eigenvalue weighted by molar-refractivity contribution is 7.99. The van der Waals surface area contributed by atoms with Crippen molar-refractivity contribution in [2.45, 2.75) is 66.5 Å². The standard InChI is InChI=1S/C52H52ClN13O20S7/c1-27-17-40(62-65-50-28(2)32(26-54)51-57-39-22-45(85-5)49(93(82,83)84)25-43(39)66(51)52(50)69)44(86-11-6-14-89(70,71)72)21-34(27)59-63-41-20-36(56-30(4)68)38(24-47(41)88-13-8-16-91(76,77)78)61-64-42-19-35(55-29(3)67)37(23-46(42)87-12-7-15-90(73,74)75)60-58-31-9-10-33(53)48(18-31)92(79,80)81/h9-10,17-25,69H,6-8,11-16H2,1-5H3,(H,55,67)(H,56,68)(H,70,71,72)(H,73,74,75)(H,76,77,78)(H,79,80,81)(H,82,83,84). The highest BCUT2D eigenvalue weighted by atomic mass is 35.5. The van der Waals surface area contributed by atoms with Crippen LogP contribution >= 0.6 is 35.1 Å². The molecule has 0 aliphatic carbocycles. The van der Waals surface area contributed by atoms with Gasteiger partial charge >= 0.3 is 0 Å². The molecule has 2 aromatic heterocycles. The van der Waals surface area contributed by atoms with E-state index >= 15 is 0 Å². The molecule has 0 bridgehead atoms. The van der Waals surface area contributed by atoms with E-state index in [1.807, 2.05) is 6.07 Å². The molecule has 7 aromatic rings. The van der Waals surface area contributed by atoms with E-state index in [2.05, 4.69) is 56.5 Å². The first-order valence-electron chi connectivity index (χ1n) is 26.3. The van der Waals surface area contributed by atoms with Crippen LogP contribution in [-0.4, -0.2) is 134 Å². The predicted octanol–water partition coefficient (Wildman–Crippen LogP) is 11.8. The number of pyridine rings is 1. The fourth-order valence-corrected chi connectivity index (χ4v) is 13.7. The average Bonchev–Trinajstić information content (AvgIpc) is 1.60. The number of azo groups is 4. The second kappa shape index (κ2) is 29.8. The number of nitriles is 1. The molecule has 7 rings (SSSR count). The van der Waals surface area contributed by atoms with Crippen molar-refractivity contribution in [2.75, 3.05) is 53.1 Å². The zero-order valence-electron chi connectivity index (χ0n) is 48.8. The van der Waals surface area contributed by atoms with Crippen LogP contribution in [0.1, 0.15) is 49.8 Å². The number of aryl methyl sites for hydroxylation is 1. The van der Waals surface area contributed by atoms with Gasteiger partial charge in [-0.2, -0.15) is 57.6 Å². The molecule has 2 heterocycles. The Bertz CT molecular complexity index is 4930. The van der Waals surface area contributed by atoms with E-state index in [1.165, 1.54) is 69.3 Å². The first-order valence-corrected chi connectivity index (χ1v) is 36.4. The van der Waals surface area contributed by atoms with Crippen molar-refractivity contribution in [1.29, 1.82) is 5.26 Å². The van der Waals surface area contributed by atoms with E-state index in [9.17, 15) is 84.8 Å². The Labute approximate surface area is 543 Å². The molecule has 0 saturated carbocycles. The van der Waals surface area contributed by atoms with Gasteiger partial charge in [-0.25, -0.2) is 4.98 Å². The van der Waals surface area contributed by atoms with Gasteiger partial charge in [0.15, 0.2) is 11.3 Å². The molecule has 8 N–H and O–H groups in total. The first-order chi connectivity index (χ1) is 43.4. The predicted molar refractivity (Wildman–Crippen MR) is 341 cm³/mol. The highest BCUT2D eigenvalue weighted by Crippen LogP contribution is 2.46. The number of halogens is 1. The number of carbonyl (C=O) groups excluding carboxylic acids is 2. The summed E-state index contributed by atoms with van der Waals surface area (Å²) in [6, 6.07) is 15.6. The van der Waals surface area contributed by atoms with Crippen molar-refractivity contribution in [1.82, 2.24) is 9.38 Å². The maximum atomic E-state index is 12.8. The Balaban J connectivity index is 1.35. The molecular weight excluding hydrogens is 1390 g/mol. The lowest BCUT2D eigenvalue weighted by molar-refractivity contribution is -0.115. The van der Waals surface area contributed by atoms with Crippen LogP contribution in [-0.2, 0) is 60.2 Å². The number of nitrogens with zero attached hydrogens (tertiary/aromatic N) is 11. The van der Waals surface area contributed by atoms with Crippen molar-refractivity contribution in [3.05, 3.63) is 88.4 Å². The van der Waals surface area contributed by atoms with Crippen LogP contribution in [0.25, 0.3) is 16.7 Å². The highest BCUT2D eigenvalue weighted by Gasteiger charge is 2.26. The molecule has 494 valence electrons. The van der Waals surface area contributed by atoms with Gasteiger partial charge in [0.1, 0.15) is 61.4 Å². The quantitative estimate of drug-likeness (QED) is 0.00977. The lowest BCUT2D eigenvalue weighted by Gasteiger charge is -2.13. The summed E-state index contributed by atoms with van der Waals surface area (Å²) in [5.41, 5.74) is -0.600. The summed E-state index contributed by atoms with van der Waals surface area (Å²) in [7, 11) is -21.8. The van der Waals surface area contributed by atoms with E-state index in [0.717, 1.165) is 53.2 Å². The van der Waals surface area contributed by atoms with Crippen molar-refractivity contribution in [3.63, 3.8) is 0 Å². The van der Waals surface area contributed by atoms with Crippen LogP contribution in [0.4, 0.5) is 56.9 Å². The maximum absolute atomic E-state index is 12.8. The van der Waals surface area contributed by atoms with Crippen molar-refractivity contribution in [2.24, 2.45) is 40.9 Å². The van der Waals surface area contributed by atoms with Gasteiger partial charge in [-0.1, -0.05) is 11.6 Å². The first kappa shape index (κ1) is 72.2. The molecule has 0 unspecified atom stereocenters. The largest absolute Gasteiger partial charge is 0.495 e. The van der Waals surface area contributed by atoms with Gasteiger partial charge in [-0.3, -0.25) is 36.8 Å². The van der Waals surface area contributed by atoms with E-state index in [1.54, 1.807) is 6.92 Å². The summed E-state index contributed by atoms with van der Waals surface area (Å²) < 4.78 is 179. The van der Waals surface area contributed by atoms with Crippen LogP contribution < -0.4 is 20.1 Å². The van der Waals surface area contributed by atoms with E-state index < -0.39 is 95.3 Å². The van der Waals surface area contributed by atoms with Crippen molar-refractivity contribution >= 4 is 171 Å². The number of thioether (sulfide) groups is 2. The molecule has 5 aromatic carbocycles. The third-order valence-electron chi connectivity index (χ3n) is 12.4. The van der Waals surface area contributed by atoms with E-state index in [0.29, 0.717) is 5.56 Å². The number of fused-ring (bicyclic) bond motifs is 3. The zero-order valence-corrected chi connectivity index (χ0v) is 55.2. The van der Waals surface area contributed by atoms with Gasteiger partial charge in [0.05, 0.1) is 69.8 Å². The van der Waals surface area contributed by atoms with Gasteiger partial charge in [-0.15, -0.1) is 54.2 Å². The van der Waals surface area contributed by atoms with Gasteiger partial charge in [0.25, 0.3) is 50.6 Å². The normalized spacial score (nSPS) is 12.7. The monoisotopic (exact) mass is 1440 g/mol. The number of ether oxygens (including phenoxy) is 2. The minimum absolute atomic E-state index is 0.00551. The number of amides is 2. The number of carbonyl (C=O) groups is 2. The molecule has 2 amide bonds. The van der Waals surface area contributed by atoms with E-state index in [-0.39, 0.29) is 148 Å². The number of benzene rings is 5. The molecule has 0 spiro atoms. The number of hydrogen-bond donors (Lipinski definition) is 8. The van der Waals surface area contributed by atoms with E-state index in [4.69, 9.17) is 21.1 Å². The fourth-order valence-electron chi connectivity index (χ4n) is 8.31. The SMILES string of the molecule is COc1cc2nc3c(C#N)c(C)c(N=Nc4cc(C)c(N=Nc5cc(NC(C)=O)c(N=Nc6cc(NC(C)=O)c(N=Nc7ccc(Cl)c(S(=O)(=O)O)c7)cc6SCCCS(=O)(=O)O)cc5SCCCS(=O)(=O)O)cc4OCCCS(=O)(=O)O)c(O)n3c2cc1S(=O)(=O)O. The minimum atomic E-state index is -4.91. The summed E-state index contributed by atoms with van der Waals surface area (Å²) in [4.78, 5) is 28.9. The molecule has 33 nitrogen and oxygen atoms in total. The van der Waals surface area contributed by atoms with Gasteiger partial charge in [-0.05, 0) is 105 Å². The molecule has 0 fully saturated rings. The summed E-state index contributed by atoms with van der Waals surface area (Å²) in [5.74, 6) is -4.30. The van der Waals surface area contributed by atoms with Gasteiger partial charge < -0.3 is 25.2 Å². The smallest absolute Gasteiger partial charge is 0.298 e. The number of hydrogen-bond acceptors (Lipinski definition) is 27. The number of anilines is 2. The Kier molecular flexibility index (Phi) is 23.2. The van der Waals surface area contributed by atoms with Gasteiger partial charge in [0.2, 0.25) is 17.7 Å². The van der Waals surface area contributed by atoms with Gasteiger partial charge in [0, 0.05) is 41.3 Å². The molecule has 0 radical (unpaired) electrons. The zero-order chi connectivity index (χ0) is 68.5. The van der Waals surface area contributed by atoms with Crippen molar-refractivity contribution < 1.29 is 89.0 Å². The molecule has 93 heavy (non-hydrogen) atoms. The molecule has 0 saturated heterocycles. The van der Waals surface area contributed by atoms with Crippen LogP contribution in [0, 0.1) is 25.2 Å². The lowest BCUT2D eigenvalue weighted by Crippen LogP contribution is -2.08. The second-order valence-corrected chi connectivity index (χ2v) is 29.7. The maximum Gasteiger partial charge on any atom is 0.298 e. The Morgan fingerprint density at radius 2 is 1.13 bits per heavy atom. The molecule has 41 heteroatoms. The Morgan fingerprint density at radius 1 is 0.624 bits per heavy atom. The minimum Gasteiger partial charge on any atom is -0.495 e. The molecular formula is C52H52ClN13O20S7. The third-order valence-corrected chi connectivity index (χ3v) is 19.3. The van der Waals surface area contributed by atoms with Crippen LogP contribution in [0.3, 0.4) is 0 Å². The lowest BCUT2D eigenvalue weighted by atomic mass is 10.1. The van der Waals surface area contributed by atoms with Crippen LogP contribution in [0.15, 0.2) is 127 Å². The second-order valence-electron chi connectivity index (χ2n) is 19.5. The molecule has 0 atom stereocenters. The van der Waals surface area contributed by atoms with Crippen molar-refractivity contribution in [3.8, 4) is 23.4 Å². The summed E-state index contributed by atoms with van der Waals surface area (Å²) in [5, 5.41) is 61.6. The topological polar surface area (TPSA) is 509 Å². The Hall–Kier alpha value is -8.18. The number of aromatic hydroxyl groups is 1. The number of methoxy groups -OCH3 is 1. The number of aromatic nitrogens is 2.